The van der Waals surface area contributed by atoms with Crippen LogP contribution in [-0.2, 0) is 19.1 Å². The Bertz CT molecular complexity index is 1380. The number of benzene rings is 2. The third-order valence-electron chi connectivity index (χ3n) is 8.39. The molecule has 2 aromatic carbocycles. The lowest BCUT2D eigenvalue weighted by molar-refractivity contribution is -0.156. The summed E-state index contributed by atoms with van der Waals surface area (Å²) >= 11 is 37.4. The maximum atomic E-state index is 13.1. The predicted octanol–water partition coefficient (Wildman–Crippen LogP) is 10.1. The van der Waals surface area contributed by atoms with Gasteiger partial charge in [-0.1, -0.05) is 109 Å². The highest BCUT2D eigenvalue weighted by Gasteiger charge is 2.33. The van der Waals surface area contributed by atoms with E-state index in [0.717, 1.165) is 63.5 Å². The van der Waals surface area contributed by atoms with E-state index in [2.05, 4.69) is 13.8 Å². The van der Waals surface area contributed by atoms with Crippen LogP contribution in [0.1, 0.15) is 85.9 Å². The molecule has 8 nitrogen and oxygen atoms in total. The molecule has 0 aromatic heterocycles. The standard InChI is InChI=1S/C32H32Cl6O8/c1-15-3-7-17(8-4-15)13-43-29(39)23-25(37)19(33)11-21(35)27(23)45-31(41)32(42)46-28-22(36)12-20(34)26(38)24(28)30(40)44-14-18-9-5-16(2)6-10-18/h11-12,15-18H,3-10,13-14H2,1-2H3. The summed E-state index contributed by atoms with van der Waals surface area (Å²) in [5, 5.41) is -1.42. The van der Waals surface area contributed by atoms with Gasteiger partial charge < -0.3 is 18.9 Å². The molecule has 0 atom stereocenters. The first kappa shape index (κ1) is 36.9. The Morgan fingerprint density at radius 1 is 0.565 bits per heavy atom. The highest BCUT2D eigenvalue weighted by atomic mass is 35.5. The highest BCUT2D eigenvalue weighted by molar-refractivity contribution is 6.47. The summed E-state index contributed by atoms with van der Waals surface area (Å²) in [5.41, 5.74) is -0.892. The van der Waals surface area contributed by atoms with Crippen LogP contribution in [0.5, 0.6) is 11.5 Å². The first-order chi connectivity index (χ1) is 21.8. The molecular formula is C32H32Cl6O8. The Morgan fingerprint density at radius 3 is 1.22 bits per heavy atom. The molecule has 0 spiro atoms. The first-order valence-corrected chi connectivity index (χ1v) is 17.2. The van der Waals surface area contributed by atoms with E-state index in [1.54, 1.807) is 0 Å². The Balaban J connectivity index is 1.51. The van der Waals surface area contributed by atoms with Crippen LogP contribution >= 0.6 is 69.6 Å². The van der Waals surface area contributed by atoms with Crippen LogP contribution in [0.2, 0.25) is 30.1 Å². The van der Waals surface area contributed by atoms with Crippen LogP contribution in [0.25, 0.3) is 0 Å². The zero-order valence-electron chi connectivity index (χ0n) is 25.1. The molecule has 0 saturated heterocycles. The van der Waals surface area contributed by atoms with Gasteiger partial charge in [-0.15, -0.1) is 0 Å². The number of esters is 4. The fourth-order valence-corrected chi connectivity index (χ4v) is 6.95. The van der Waals surface area contributed by atoms with Crippen LogP contribution in [0, 0.1) is 23.7 Å². The Hall–Kier alpha value is -1.94. The fourth-order valence-electron chi connectivity index (χ4n) is 5.51. The van der Waals surface area contributed by atoms with Crippen molar-refractivity contribution in [1.29, 1.82) is 0 Å². The van der Waals surface area contributed by atoms with Crippen LogP contribution in [0.15, 0.2) is 12.1 Å². The molecule has 2 aromatic rings. The zero-order valence-corrected chi connectivity index (χ0v) is 29.6. The van der Waals surface area contributed by atoms with Crippen molar-refractivity contribution >= 4 is 93.5 Å². The lowest BCUT2D eigenvalue weighted by Gasteiger charge is -2.25. The minimum Gasteiger partial charge on any atom is -0.462 e. The van der Waals surface area contributed by atoms with Gasteiger partial charge in [0.1, 0.15) is 11.1 Å². The van der Waals surface area contributed by atoms with Crippen LogP contribution in [0.3, 0.4) is 0 Å². The van der Waals surface area contributed by atoms with E-state index in [1.165, 1.54) is 0 Å². The van der Waals surface area contributed by atoms with Crippen LogP contribution < -0.4 is 9.47 Å². The fraction of sp³-hybridized carbons (Fsp3) is 0.500. The first-order valence-electron chi connectivity index (χ1n) is 14.9. The number of ether oxygens (including phenoxy) is 4. The van der Waals surface area contributed by atoms with Gasteiger partial charge in [0.15, 0.2) is 11.5 Å². The van der Waals surface area contributed by atoms with Crippen molar-refractivity contribution in [3.8, 4) is 11.5 Å². The topological polar surface area (TPSA) is 105 Å². The summed E-state index contributed by atoms with van der Waals surface area (Å²) in [7, 11) is 0. The summed E-state index contributed by atoms with van der Waals surface area (Å²) in [6.07, 6.45) is 7.60. The molecule has 0 N–H and O–H groups in total. The number of rotatable bonds is 8. The van der Waals surface area contributed by atoms with Gasteiger partial charge in [0.2, 0.25) is 0 Å². The van der Waals surface area contributed by atoms with E-state index >= 15 is 0 Å². The summed E-state index contributed by atoms with van der Waals surface area (Å²) in [4.78, 5) is 52.2. The van der Waals surface area contributed by atoms with Crippen molar-refractivity contribution in [3.05, 3.63) is 53.4 Å². The number of hydrogen-bond donors (Lipinski definition) is 0. The summed E-state index contributed by atoms with van der Waals surface area (Å²) in [6.45, 7) is 4.55. The van der Waals surface area contributed by atoms with E-state index in [-0.39, 0.29) is 55.2 Å². The van der Waals surface area contributed by atoms with Crippen molar-refractivity contribution in [3.63, 3.8) is 0 Å². The van der Waals surface area contributed by atoms with E-state index < -0.39 is 46.5 Å². The van der Waals surface area contributed by atoms with Crippen molar-refractivity contribution in [1.82, 2.24) is 0 Å². The number of carbonyl (C=O) groups is 4. The van der Waals surface area contributed by atoms with Crippen molar-refractivity contribution < 1.29 is 38.1 Å². The molecule has 14 heteroatoms. The van der Waals surface area contributed by atoms with Gasteiger partial charge in [0, 0.05) is 0 Å². The third kappa shape index (κ3) is 9.14. The molecule has 46 heavy (non-hydrogen) atoms. The Labute approximate surface area is 297 Å². The molecule has 2 aliphatic carbocycles. The molecule has 0 heterocycles. The molecule has 2 saturated carbocycles. The molecule has 250 valence electrons. The molecule has 2 fully saturated rings. The Morgan fingerprint density at radius 2 is 0.891 bits per heavy atom. The molecule has 0 unspecified atom stereocenters. The number of hydrogen-bond acceptors (Lipinski definition) is 8. The van der Waals surface area contributed by atoms with E-state index in [1.807, 2.05) is 0 Å². The van der Waals surface area contributed by atoms with E-state index in [9.17, 15) is 19.2 Å². The second kappa shape index (κ2) is 16.4. The second-order valence-electron chi connectivity index (χ2n) is 11.9. The molecule has 0 radical (unpaired) electrons. The monoisotopic (exact) mass is 754 g/mol. The molecule has 0 aliphatic heterocycles. The van der Waals surface area contributed by atoms with E-state index in [0.29, 0.717) is 11.8 Å². The van der Waals surface area contributed by atoms with Gasteiger partial charge in [-0.3, -0.25) is 0 Å². The SMILES string of the molecule is CC1CCC(COC(=O)c2c(Cl)c(Cl)cc(Cl)c2OC(=O)C(=O)Oc2c(Cl)cc(Cl)c(Cl)c2C(=O)OCC2CCC(C)CC2)CC1. The average molecular weight is 757 g/mol. The van der Waals surface area contributed by atoms with Crippen LogP contribution in [-0.4, -0.2) is 37.1 Å². The minimum absolute atomic E-state index is 0.107. The molecule has 0 bridgehead atoms. The smallest absolute Gasteiger partial charge is 0.423 e. The summed E-state index contributed by atoms with van der Waals surface area (Å²) < 4.78 is 21.4. The third-order valence-corrected chi connectivity index (χ3v) is 10.5. The maximum absolute atomic E-state index is 13.1. The van der Waals surface area contributed by atoms with Crippen LogP contribution in [0.4, 0.5) is 0 Å². The van der Waals surface area contributed by atoms with Crippen molar-refractivity contribution in [2.45, 2.75) is 65.2 Å². The van der Waals surface area contributed by atoms with Crippen molar-refractivity contribution in [2.75, 3.05) is 13.2 Å². The second-order valence-corrected chi connectivity index (χ2v) is 14.3. The number of halogens is 6. The minimum atomic E-state index is -1.63. The van der Waals surface area contributed by atoms with Gasteiger partial charge in [-0.2, -0.15) is 0 Å². The van der Waals surface area contributed by atoms with E-state index in [4.69, 9.17) is 88.6 Å². The number of carbonyl (C=O) groups excluding carboxylic acids is 4. The predicted molar refractivity (Wildman–Crippen MR) is 177 cm³/mol. The zero-order chi connectivity index (χ0) is 33.7. The molecule has 0 amide bonds. The molecular weight excluding hydrogens is 725 g/mol. The maximum Gasteiger partial charge on any atom is 0.423 e. The highest BCUT2D eigenvalue weighted by Crippen LogP contribution is 2.42. The van der Waals surface area contributed by atoms with Gasteiger partial charge >= 0.3 is 23.9 Å². The Kier molecular flexibility index (Phi) is 13.2. The van der Waals surface area contributed by atoms with Gasteiger partial charge in [-0.25, -0.2) is 19.2 Å². The van der Waals surface area contributed by atoms with Gasteiger partial charge in [-0.05, 0) is 61.5 Å². The largest absolute Gasteiger partial charge is 0.462 e. The lowest BCUT2D eigenvalue weighted by Crippen LogP contribution is -2.28. The summed E-state index contributed by atoms with van der Waals surface area (Å²) in [6, 6.07) is 2.27. The normalized spacial score (nSPS) is 21.3. The average Bonchev–Trinajstić information content (AvgIpc) is 3.01. The quantitative estimate of drug-likeness (QED) is 0.113. The lowest BCUT2D eigenvalue weighted by atomic mass is 9.83. The van der Waals surface area contributed by atoms with Gasteiger partial charge in [0.05, 0.1) is 43.3 Å². The summed E-state index contributed by atoms with van der Waals surface area (Å²) in [5.74, 6) is -4.79. The molecule has 4 rings (SSSR count). The molecule has 2 aliphatic rings. The van der Waals surface area contributed by atoms with Crippen molar-refractivity contribution in [2.24, 2.45) is 23.7 Å². The van der Waals surface area contributed by atoms with Gasteiger partial charge in [0.25, 0.3) is 0 Å².